The highest BCUT2D eigenvalue weighted by Crippen LogP contribution is 2.24. The summed E-state index contributed by atoms with van der Waals surface area (Å²) in [5.41, 5.74) is 1.38. The lowest BCUT2D eigenvalue weighted by molar-refractivity contribution is 0.102. The van der Waals surface area contributed by atoms with Crippen molar-refractivity contribution >= 4 is 32.6 Å². The molecule has 2 aromatic carbocycles. The van der Waals surface area contributed by atoms with E-state index >= 15 is 0 Å². The summed E-state index contributed by atoms with van der Waals surface area (Å²) in [6.45, 7) is 5.90. The van der Waals surface area contributed by atoms with Crippen molar-refractivity contribution in [2.45, 2.75) is 25.7 Å². The van der Waals surface area contributed by atoms with Gasteiger partial charge in [0, 0.05) is 35.7 Å². The Morgan fingerprint density at radius 1 is 1.13 bits per heavy atom. The maximum absolute atomic E-state index is 13.1. The molecule has 0 spiro atoms. The number of nitrogens with one attached hydrogen (secondary N) is 1. The van der Waals surface area contributed by atoms with Crippen LogP contribution in [-0.2, 0) is 10.0 Å². The Morgan fingerprint density at radius 3 is 2.43 bits per heavy atom. The van der Waals surface area contributed by atoms with Crippen LogP contribution in [0.15, 0.2) is 47.4 Å². The number of carbonyl (C=O) groups excluding carboxylic acids is 1. The predicted molar refractivity (Wildman–Crippen MR) is 115 cm³/mol. The van der Waals surface area contributed by atoms with Crippen molar-refractivity contribution in [1.29, 1.82) is 0 Å². The van der Waals surface area contributed by atoms with Gasteiger partial charge in [-0.05, 0) is 48.9 Å². The zero-order chi connectivity index (χ0) is 21.9. The van der Waals surface area contributed by atoms with Crippen molar-refractivity contribution < 1.29 is 17.6 Å². The van der Waals surface area contributed by atoms with Crippen LogP contribution < -0.4 is 5.32 Å². The second-order valence-electron chi connectivity index (χ2n) is 6.45. The largest absolute Gasteiger partial charge is 0.297 e. The van der Waals surface area contributed by atoms with E-state index in [2.05, 4.69) is 14.7 Å². The van der Waals surface area contributed by atoms with Gasteiger partial charge in [0.2, 0.25) is 15.2 Å². The summed E-state index contributed by atoms with van der Waals surface area (Å²) >= 11 is 0.983. The molecule has 1 aromatic heterocycles. The fraction of sp³-hybridized carbons (Fsp3) is 0.250. The molecule has 0 aliphatic rings. The molecule has 7 nitrogen and oxygen atoms in total. The van der Waals surface area contributed by atoms with E-state index in [9.17, 15) is 17.6 Å². The normalized spacial score (nSPS) is 11.6. The van der Waals surface area contributed by atoms with E-state index < -0.39 is 15.9 Å². The molecule has 0 atom stereocenters. The maximum Gasteiger partial charge on any atom is 0.257 e. The third-order valence-corrected chi connectivity index (χ3v) is 7.34. The minimum Gasteiger partial charge on any atom is -0.297 e. The Bertz CT molecular complexity index is 1160. The monoisotopic (exact) mass is 448 g/mol. The van der Waals surface area contributed by atoms with E-state index in [0.29, 0.717) is 30.0 Å². The molecule has 0 aliphatic carbocycles. The van der Waals surface area contributed by atoms with Crippen LogP contribution in [-0.4, -0.2) is 41.1 Å². The van der Waals surface area contributed by atoms with Crippen molar-refractivity contribution in [3.05, 3.63) is 59.4 Å². The number of benzene rings is 2. The van der Waals surface area contributed by atoms with Gasteiger partial charge in [0.15, 0.2) is 5.82 Å². The van der Waals surface area contributed by atoms with Gasteiger partial charge >= 0.3 is 0 Å². The van der Waals surface area contributed by atoms with Gasteiger partial charge in [0.05, 0.1) is 4.90 Å². The molecular weight excluding hydrogens is 427 g/mol. The number of rotatable bonds is 7. The molecule has 1 amide bonds. The first-order chi connectivity index (χ1) is 14.3. The third-order valence-electron chi connectivity index (χ3n) is 4.52. The lowest BCUT2D eigenvalue weighted by Gasteiger charge is -2.20. The summed E-state index contributed by atoms with van der Waals surface area (Å²) in [6, 6.07) is 10.3. The highest BCUT2D eigenvalue weighted by Gasteiger charge is 2.25. The molecule has 0 saturated carbocycles. The molecule has 30 heavy (non-hydrogen) atoms. The summed E-state index contributed by atoms with van der Waals surface area (Å²) in [6.07, 6.45) is 0. The molecule has 1 N–H and O–H groups in total. The first-order valence-corrected chi connectivity index (χ1v) is 11.5. The zero-order valence-corrected chi connectivity index (χ0v) is 18.3. The fourth-order valence-electron chi connectivity index (χ4n) is 2.88. The highest BCUT2D eigenvalue weighted by molar-refractivity contribution is 7.89. The van der Waals surface area contributed by atoms with Crippen LogP contribution in [0.3, 0.4) is 0 Å². The summed E-state index contributed by atoms with van der Waals surface area (Å²) in [4.78, 5) is 17.0. The highest BCUT2D eigenvalue weighted by atomic mass is 32.2. The summed E-state index contributed by atoms with van der Waals surface area (Å²) in [5, 5.41) is 2.90. The Labute approximate surface area is 178 Å². The van der Waals surface area contributed by atoms with E-state index in [1.165, 1.54) is 22.5 Å². The topological polar surface area (TPSA) is 92.3 Å². The molecule has 0 bridgehead atoms. The Kier molecular flexibility index (Phi) is 6.59. The van der Waals surface area contributed by atoms with E-state index in [4.69, 9.17) is 0 Å². The van der Waals surface area contributed by atoms with Gasteiger partial charge in [-0.1, -0.05) is 19.9 Å². The average Bonchev–Trinajstić information content (AvgIpc) is 3.17. The number of aryl methyl sites for hydroxylation is 1. The lowest BCUT2D eigenvalue weighted by Crippen LogP contribution is -2.31. The number of sulfonamides is 1. The number of halogens is 1. The van der Waals surface area contributed by atoms with E-state index in [1.807, 2.05) is 0 Å². The molecule has 10 heteroatoms. The zero-order valence-electron chi connectivity index (χ0n) is 16.7. The molecule has 0 saturated heterocycles. The summed E-state index contributed by atoms with van der Waals surface area (Å²) in [5.74, 6) is -0.492. The number of anilines is 1. The van der Waals surface area contributed by atoms with Crippen LogP contribution in [0.2, 0.25) is 0 Å². The quantitative estimate of drug-likeness (QED) is 0.591. The van der Waals surface area contributed by atoms with Crippen LogP contribution in [0.1, 0.15) is 29.8 Å². The standard InChI is InChI=1S/C20H21FN4O3S2/c1-4-25(5-2)30(27,28)17-12-15(7-6-13(17)3)19(26)23-20-22-18(24-29-20)14-8-10-16(21)11-9-14/h6-12H,4-5H2,1-3H3,(H,22,23,24,26). The van der Waals surface area contributed by atoms with Crippen LogP contribution >= 0.6 is 11.5 Å². The van der Waals surface area contributed by atoms with Crippen molar-refractivity contribution in [3.63, 3.8) is 0 Å². The Morgan fingerprint density at radius 2 is 1.80 bits per heavy atom. The van der Waals surface area contributed by atoms with Crippen molar-refractivity contribution in [1.82, 2.24) is 13.7 Å². The van der Waals surface area contributed by atoms with Crippen LogP contribution in [0, 0.1) is 12.7 Å². The van der Waals surface area contributed by atoms with Crippen molar-refractivity contribution in [2.24, 2.45) is 0 Å². The molecule has 1 heterocycles. The average molecular weight is 449 g/mol. The van der Waals surface area contributed by atoms with Crippen molar-refractivity contribution in [2.75, 3.05) is 18.4 Å². The fourth-order valence-corrected chi connectivity index (χ4v) is 5.18. The van der Waals surface area contributed by atoms with E-state index in [-0.39, 0.29) is 21.4 Å². The summed E-state index contributed by atoms with van der Waals surface area (Å²) in [7, 11) is -3.70. The second-order valence-corrected chi connectivity index (χ2v) is 9.11. The number of aromatic nitrogens is 2. The summed E-state index contributed by atoms with van der Waals surface area (Å²) < 4.78 is 44.3. The number of carbonyl (C=O) groups is 1. The van der Waals surface area contributed by atoms with Gasteiger partial charge in [-0.25, -0.2) is 12.8 Å². The van der Waals surface area contributed by atoms with Crippen molar-refractivity contribution in [3.8, 4) is 11.4 Å². The lowest BCUT2D eigenvalue weighted by atomic mass is 10.1. The van der Waals surface area contributed by atoms with Gasteiger partial charge in [-0.15, -0.1) is 0 Å². The van der Waals surface area contributed by atoms with Gasteiger partial charge in [-0.3, -0.25) is 10.1 Å². The maximum atomic E-state index is 13.1. The molecular formula is C20H21FN4O3S2. The number of hydrogen-bond donors (Lipinski definition) is 1. The van der Waals surface area contributed by atoms with E-state index in [1.54, 1.807) is 45.0 Å². The molecule has 0 aliphatic heterocycles. The minimum absolute atomic E-state index is 0.100. The number of hydrogen-bond acceptors (Lipinski definition) is 6. The second kappa shape index (κ2) is 8.99. The number of amides is 1. The molecule has 0 unspecified atom stereocenters. The van der Waals surface area contributed by atoms with Gasteiger partial charge in [-0.2, -0.15) is 13.7 Å². The molecule has 0 radical (unpaired) electrons. The van der Waals surface area contributed by atoms with Gasteiger partial charge < -0.3 is 0 Å². The first-order valence-electron chi connectivity index (χ1n) is 9.28. The Balaban J connectivity index is 1.84. The minimum atomic E-state index is -3.70. The van der Waals surface area contributed by atoms with Crippen LogP contribution in [0.4, 0.5) is 9.52 Å². The van der Waals surface area contributed by atoms with Crippen LogP contribution in [0.5, 0.6) is 0 Å². The Hall–Kier alpha value is -2.69. The van der Waals surface area contributed by atoms with E-state index in [0.717, 1.165) is 11.5 Å². The van der Waals surface area contributed by atoms with Gasteiger partial charge in [0.1, 0.15) is 5.82 Å². The molecule has 158 valence electrons. The SMILES string of the molecule is CCN(CC)S(=O)(=O)c1cc(C(=O)Nc2nc(-c3ccc(F)cc3)ns2)ccc1C. The first kappa shape index (κ1) is 22.0. The van der Waals surface area contributed by atoms with Gasteiger partial charge in [0.25, 0.3) is 5.91 Å². The smallest absolute Gasteiger partial charge is 0.257 e. The molecule has 3 rings (SSSR count). The third kappa shape index (κ3) is 4.55. The molecule has 0 fully saturated rings. The van der Waals surface area contributed by atoms with Crippen LogP contribution in [0.25, 0.3) is 11.4 Å². The number of nitrogens with zero attached hydrogens (tertiary/aromatic N) is 3. The predicted octanol–water partition coefficient (Wildman–Crippen LogP) is 3.94. The molecule has 3 aromatic rings.